The first kappa shape index (κ1) is 18.1. The fraction of sp³-hybridized carbons (Fsp3) is 0.300. The zero-order chi connectivity index (χ0) is 18.5. The van der Waals surface area contributed by atoms with E-state index in [1.165, 1.54) is 24.3 Å². The van der Waals surface area contributed by atoms with Gasteiger partial charge in [-0.3, -0.25) is 4.79 Å². The molecule has 1 fully saturated rings. The molecule has 0 bridgehead atoms. The highest BCUT2D eigenvalue weighted by Gasteiger charge is 2.38. The molecule has 2 aromatic carbocycles. The fourth-order valence-corrected chi connectivity index (χ4v) is 3.04. The Kier molecular flexibility index (Phi) is 5.63. The Hall–Kier alpha value is -2.73. The molecule has 1 N–H and O–H groups in total. The van der Waals surface area contributed by atoms with Gasteiger partial charge in [0.1, 0.15) is 18.5 Å². The summed E-state index contributed by atoms with van der Waals surface area (Å²) in [5.74, 6) is -0.691. The van der Waals surface area contributed by atoms with Crippen molar-refractivity contribution < 1.29 is 23.8 Å². The summed E-state index contributed by atoms with van der Waals surface area (Å²) in [6.45, 7) is 0.146. The van der Waals surface area contributed by atoms with Crippen molar-refractivity contribution in [3.8, 4) is 0 Å². The number of amides is 2. The number of aliphatic hydroxyl groups is 1. The molecule has 0 aromatic heterocycles. The summed E-state index contributed by atoms with van der Waals surface area (Å²) < 4.78 is 18.0. The summed E-state index contributed by atoms with van der Waals surface area (Å²) >= 11 is 0. The molecule has 6 heteroatoms. The first-order chi connectivity index (χ1) is 12.6. The highest BCUT2D eigenvalue weighted by Crippen LogP contribution is 2.29. The van der Waals surface area contributed by atoms with Gasteiger partial charge in [0.05, 0.1) is 6.10 Å². The number of carbonyl (C=O) groups is 2. The van der Waals surface area contributed by atoms with Crippen molar-refractivity contribution >= 4 is 12.0 Å². The predicted octanol–water partition coefficient (Wildman–Crippen LogP) is 3.75. The Labute approximate surface area is 151 Å². The van der Waals surface area contributed by atoms with Crippen molar-refractivity contribution in [1.82, 2.24) is 4.90 Å². The number of benzene rings is 2. The number of hydrogen-bond acceptors (Lipinski definition) is 4. The van der Waals surface area contributed by atoms with E-state index in [2.05, 4.69) is 0 Å². The van der Waals surface area contributed by atoms with Gasteiger partial charge >= 0.3 is 6.09 Å². The molecule has 1 saturated heterocycles. The van der Waals surface area contributed by atoms with Crippen molar-refractivity contribution in [3.05, 3.63) is 71.5 Å². The van der Waals surface area contributed by atoms with Gasteiger partial charge in [0.25, 0.3) is 0 Å². The normalized spacial score (nSPS) is 17.8. The molecule has 0 aliphatic carbocycles. The molecule has 0 saturated carbocycles. The quantitative estimate of drug-likeness (QED) is 0.855. The number of rotatable bonds is 6. The number of halogens is 1. The largest absolute Gasteiger partial charge is 0.446 e. The van der Waals surface area contributed by atoms with Gasteiger partial charge in [-0.25, -0.2) is 14.1 Å². The second-order valence-corrected chi connectivity index (χ2v) is 6.23. The van der Waals surface area contributed by atoms with Gasteiger partial charge < -0.3 is 9.84 Å². The minimum atomic E-state index is -0.779. The van der Waals surface area contributed by atoms with Crippen molar-refractivity contribution in [2.24, 2.45) is 0 Å². The molecule has 2 atom stereocenters. The molecule has 26 heavy (non-hydrogen) atoms. The van der Waals surface area contributed by atoms with Crippen molar-refractivity contribution in [3.63, 3.8) is 0 Å². The first-order valence-corrected chi connectivity index (χ1v) is 8.53. The summed E-state index contributed by atoms with van der Waals surface area (Å²) in [5, 5.41) is 10.1. The monoisotopic (exact) mass is 357 g/mol. The molecule has 1 heterocycles. The average Bonchev–Trinajstić information content (AvgIpc) is 3.04. The third-order valence-electron chi connectivity index (χ3n) is 4.45. The van der Waals surface area contributed by atoms with E-state index in [0.717, 1.165) is 10.5 Å². The number of ether oxygens (including phenoxy) is 1. The molecular formula is C20H20FNO4. The van der Waals surface area contributed by atoms with Crippen LogP contribution in [0, 0.1) is 5.82 Å². The zero-order valence-corrected chi connectivity index (χ0v) is 14.2. The molecule has 1 unspecified atom stereocenters. The third kappa shape index (κ3) is 4.08. The smallest absolute Gasteiger partial charge is 0.417 e. The number of carbonyl (C=O) groups excluding carboxylic acids is 2. The van der Waals surface area contributed by atoms with E-state index in [4.69, 9.17) is 4.74 Å². The van der Waals surface area contributed by atoms with Gasteiger partial charge in [-0.05, 0) is 36.1 Å². The average molecular weight is 357 g/mol. The minimum Gasteiger partial charge on any atom is -0.446 e. The SMILES string of the molecule is O=C(CCC[C@H](O)c1ccc(F)cc1)N1C(=O)OCC1c1ccccc1. The van der Waals surface area contributed by atoms with Crippen LogP contribution in [0.4, 0.5) is 9.18 Å². The highest BCUT2D eigenvalue weighted by molar-refractivity contribution is 5.93. The van der Waals surface area contributed by atoms with E-state index in [1.54, 1.807) is 0 Å². The third-order valence-corrected chi connectivity index (χ3v) is 4.45. The van der Waals surface area contributed by atoms with Gasteiger partial charge in [0, 0.05) is 6.42 Å². The Morgan fingerprint density at radius 3 is 2.58 bits per heavy atom. The fourth-order valence-electron chi connectivity index (χ4n) is 3.04. The highest BCUT2D eigenvalue weighted by atomic mass is 19.1. The van der Waals surface area contributed by atoms with E-state index in [0.29, 0.717) is 18.4 Å². The van der Waals surface area contributed by atoms with Gasteiger partial charge in [-0.15, -0.1) is 0 Å². The molecule has 0 spiro atoms. The van der Waals surface area contributed by atoms with Crippen molar-refractivity contribution in [1.29, 1.82) is 0 Å². The second-order valence-electron chi connectivity index (χ2n) is 6.23. The molecule has 1 aliphatic heterocycles. The number of hydrogen-bond donors (Lipinski definition) is 1. The van der Waals surface area contributed by atoms with E-state index >= 15 is 0 Å². The lowest BCUT2D eigenvalue weighted by molar-refractivity contribution is -0.129. The van der Waals surface area contributed by atoms with E-state index in [-0.39, 0.29) is 24.8 Å². The molecule has 0 radical (unpaired) electrons. The molecule has 1 aliphatic rings. The standard InChI is InChI=1S/C20H20FNO4/c21-16-11-9-15(10-12-16)18(23)7-4-8-19(24)22-17(13-26-20(22)25)14-5-2-1-3-6-14/h1-3,5-6,9-12,17-18,23H,4,7-8,13H2/t17?,18-/m0/s1. The van der Waals surface area contributed by atoms with E-state index in [1.807, 2.05) is 30.3 Å². The predicted molar refractivity (Wildman–Crippen MR) is 92.6 cm³/mol. The summed E-state index contributed by atoms with van der Waals surface area (Å²) in [6.07, 6.45) is -0.544. The summed E-state index contributed by atoms with van der Waals surface area (Å²) in [5.41, 5.74) is 1.44. The first-order valence-electron chi connectivity index (χ1n) is 8.53. The second kappa shape index (κ2) is 8.10. The topological polar surface area (TPSA) is 66.8 Å². The summed E-state index contributed by atoms with van der Waals surface area (Å²) in [4.78, 5) is 25.6. The number of cyclic esters (lactones) is 1. The molecule has 2 amide bonds. The maximum absolute atomic E-state index is 12.9. The Balaban J connectivity index is 1.56. The molecular weight excluding hydrogens is 337 g/mol. The van der Waals surface area contributed by atoms with Gasteiger partial charge in [-0.1, -0.05) is 42.5 Å². The Bertz CT molecular complexity index is 763. The Morgan fingerprint density at radius 1 is 1.19 bits per heavy atom. The molecule has 5 nitrogen and oxygen atoms in total. The molecule has 3 rings (SSSR count). The van der Waals surface area contributed by atoms with Crippen molar-refractivity contribution in [2.75, 3.05) is 6.61 Å². The summed E-state index contributed by atoms with van der Waals surface area (Å²) in [7, 11) is 0. The van der Waals surface area contributed by atoms with Crippen LogP contribution in [0.2, 0.25) is 0 Å². The number of imide groups is 1. The lowest BCUT2D eigenvalue weighted by Crippen LogP contribution is -2.34. The zero-order valence-electron chi connectivity index (χ0n) is 14.2. The van der Waals surface area contributed by atoms with Gasteiger partial charge in [0.2, 0.25) is 5.91 Å². The Morgan fingerprint density at radius 2 is 1.88 bits per heavy atom. The maximum atomic E-state index is 12.9. The van der Waals surface area contributed by atoms with Crippen LogP contribution in [-0.2, 0) is 9.53 Å². The van der Waals surface area contributed by atoms with Crippen LogP contribution in [0.25, 0.3) is 0 Å². The van der Waals surface area contributed by atoms with Gasteiger partial charge in [0.15, 0.2) is 0 Å². The maximum Gasteiger partial charge on any atom is 0.417 e. The minimum absolute atomic E-state index is 0.122. The molecule has 2 aromatic rings. The van der Waals surface area contributed by atoms with Crippen molar-refractivity contribution in [2.45, 2.75) is 31.4 Å². The number of aliphatic hydroxyl groups excluding tert-OH is 1. The summed E-state index contributed by atoms with van der Waals surface area (Å²) in [6, 6.07) is 14.5. The lowest BCUT2D eigenvalue weighted by atomic mass is 10.0. The van der Waals surface area contributed by atoms with E-state index < -0.39 is 18.2 Å². The van der Waals surface area contributed by atoms with Crippen LogP contribution in [0.5, 0.6) is 0 Å². The number of nitrogens with zero attached hydrogens (tertiary/aromatic N) is 1. The van der Waals surface area contributed by atoms with Gasteiger partial charge in [-0.2, -0.15) is 0 Å². The van der Waals surface area contributed by atoms with Crippen LogP contribution in [0.3, 0.4) is 0 Å². The lowest BCUT2D eigenvalue weighted by Gasteiger charge is -2.20. The van der Waals surface area contributed by atoms with Crippen LogP contribution in [0.15, 0.2) is 54.6 Å². The van der Waals surface area contributed by atoms with Crippen LogP contribution in [0.1, 0.15) is 42.5 Å². The van der Waals surface area contributed by atoms with Crippen LogP contribution >= 0.6 is 0 Å². The van der Waals surface area contributed by atoms with Crippen LogP contribution < -0.4 is 0 Å². The van der Waals surface area contributed by atoms with E-state index in [9.17, 15) is 19.1 Å². The van der Waals surface area contributed by atoms with Crippen LogP contribution in [-0.4, -0.2) is 28.6 Å². The molecule has 136 valence electrons.